The summed E-state index contributed by atoms with van der Waals surface area (Å²) in [6.45, 7) is 1.52. The molecule has 1 N–H and O–H groups in total. The summed E-state index contributed by atoms with van der Waals surface area (Å²) >= 11 is 0. The van der Waals surface area contributed by atoms with Crippen LogP contribution in [0.3, 0.4) is 0 Å². The average molecular weight is 360 g/mol. The Hall–Kier alpha value is -1.06. The fourth-order valence-electron chi connectivity index (χ4n) is 1.60. The molecular weight excluding hydrogens is 348 g/mol. The highest BCUT2D eigenvalue weighted by atomic mass is 35.7. The zero-order valence-electron chi connectivity index (χ0n) is 11.0. The number of hydrogen-bond donors (Lipinski definition) is 1. The highest BCUT2D eigenvalue weighted by molar-refractivity contribution is 8.13. The van der Waals surface area contributed by atoms with E-state index in [-0.39, 0.29) is 5.75 Å². The van der Waals surface area contributed by atoms with Crippen molar-refractivity contribution in [3.8, 4) is 0 Å². The Bertz CT molecular complexity index is 694. The highest BCUT2D eigenvalue weighted by Crippen LogP contribution is 2.23. The molecule has 0 saturated heterocycles. The van der Waals surface area contributed by atoms with Gasteiger partial charge in [0.05, 0.1) is 5.56 Å². The zero-order chi connectivity index (χ0) is 16.4. The van der Waals surface area contributed by atoms with E-state index >= 15 is 0 Å². The molecule has 0 radical (unpaired) electrons. The van der Waals surface area contributed by atoms with Crippen molar-refractivity contribution >= 4 is 36.4 Å². The molecule has 2 unspecified atom stereocenters. The normalized spacial score (nSPS) is 14.5. The van der Waals surface area contributed by atoms with Crippen LogP contribution in [0.1, 0.15) is 17.3 Å². The molecule has 5 nitrogen and oxygen atoms in total. The second-order valence-corrected chi connectivity index (χ2v) is 8.33. The maximum atomic E-state index is 14.0. The van der Waals surface area contributed by atoms with Crippen molar-refractivity contribution in [1.82, 2.24) is 5.32 Å². The quantitative estimate of drug-likeness (QED) is 0.806. The van der Waals surface area contributed by atoms with Gasteiger partial charge in [0.25, 0.3) is 15.0 Å². The van der Waals surface area contributed by atoms with Gasteiger partial charge in [0, 0.05) is 39.5 Å². The summed E-state index contributed by atoms with van der Waals surface area (Å²) in [5, 5.41) is 2.30. The van der Waals surface area contributed by atoms with E-state index in [1.165, 1.54) is 13.2 Å². The molecule has 21 heavy (non-hydrogen) atoms. The lowest BCUT2D eigenvalue weighted by molar-refractivity contribution is 0.0938. The molecule has 1 amide bonds. The first-order valence-corrected chi connectivity index (χ1v) is 9.60. The summed E-state index contributed by atoms with van der Waals surface area (Å²) in [7, 11) is -0.746. The topological polar surface area (TPSA) is 80.3 Å². The number of benzene rings is 1. The van der Waals surface area contributed by atoms with E-state index < -0.39 is 53.9 Å². The molecule has 10 heteroatoms. The van der Waals surface area contributed by atoms with Crippen LogP contribution < -0.4 is 5.32 Å². The van der Waals surface area contributed by atoms with Crippen LogP contribution in [0.25, 0.3) is 0 Å². The van der Waals surface area contributed by atoms with Crippen LogP contribution in [-0.4, -0.2) is 36.6 Å². The molecule has 0 heterocycles. The Balaban J connectivity index is 3.17. The highest BCUT2D eigenvalue weighted by Gasteiger charge is 2.25. The lowest BCUT2D eigenvalue weighted by Crippen LogP contribution is -2.36. The number of rotatable bonds is 5. The van der Waals surface area contributed by atoms with Crippen LogP contribution in [0.4, 0.5) is 8.78 Å². The van der Waals surface area contributed by atoms with Gasteiger partial charge in [-0.25, -0.2) is 17.2 Å². The van der Waals surface area contributed by atoms with E-state index in [0.717, 1.165) is 0 Å². The van der Waals surface area contributed by atoms with Crippen LogP contribution >= 0.6 is 10.7 Å². The number of amides is 1. The second-order valence-electron chi connectivity index (χ2n) is 4.32. The van der Waals surface area contributed by atoms with Gasteiger partial charge in [-0.2, -0.15) is 0 Å². The molecule has 0 bridgehead atoms. The average Bonchev–Trinajstić information content (AvgIpc) is 2.28. The molecule has 0 aliphatic carbocycles. The first-order chi connectivity index (χ1) is 9.52. The maximum absolute atomic E-state index is 14.0. The minimum Gasteiger partial charge on any atom is -0.349 e. The number of nitrogens with one attached hydrogen (secondary N) is 1. The second kappa shape index (κ2) is 6.80. The molecule has 0 fully saturated rings. The molecule has 1 rings (SSSR count). The molecule has 0 aliphatic heterocycles. The van der Waals surface area contributed by atoms with E-state index in [4.69, 9.17) is 10.7 Å². The minimum absolute atomic E-state index is 0.114. The Labute approximate surface area is 127 Å². The molecule has 0 spiro atoms. The molecular formula is C11H12ClF2NO4S2. The van der Waals surface area contributed by atoms with Crippen molar-refractivity contribution in [1.29, 1.82) is 0 Å². The summed E-state index contributed by atoms with van der Waals surface area (Å²) < 4.78 is 60.6. The van der Waals surface area contributed by atoms with Crippen molar-refractivity contribution < 1.29 is 26.2 Å². The largest absolute Gasteiger partial charge is 0.349 e. The van der Waals surface area contributed by atoms with Crippen LogP contribution in [0, 0.1) is 11.6 Å². The van der Waals surface area contributed by atoms with E-state index in [1.54, 1.807) is 0 Å². The Morgan fingerprint density at radius 2 is 2.00 bits per heavy atom. The predicted molar refractivity (Wildman–Crippen MR) is 75.3 cm³/mol. The SMILES string of the molecule is CC(CS(C)=O)NC(=O)c1cc(F)cc(S(=O)(=O)Cl)c1F. The van der Waals surface area contributed by atoms with Crippen LogP contribution in [0.5, 0.6) is 0 Å². The van der Waals surface area contributed by atoms with E-state index in [2.05, 4.69) is 5.32 Å². The lowest BCUT2D eigenvalue weighted by Gasteiger charge is -2.13. The third kappa shape index (κ3) is 5.01. The maximum Gasteiger partial charge on any atom is 0.264 e. The van der Waals surface area contributed by atoms with E-state index in [1.807, 2.05) is 0 Å². The van der Waals surface area contributed by atoms with E-state index in [9.17, 15) is 26.2 Å². The summed E-state index contributed by atoms with van der Waals surface area (Å²) in [5.41, 5.74) is -0.789. The monoisotopic (exact) mass is 359 g/mol. The number of carbonyl (C=O) groups is 1. The van der Waals surface area contributed by atoms with Gasteiger partial charge < -0.3 is 5.32 Å². The van der Waals surface area contributed by atoms with Crippen LogP contribution in [0.15, 0.2) is 17.0 Å². The van der Waals surface area contributed by atoms with Crippen molar-refractivity contribution in [2.45, 2.75) is 17.9 Å². The molecule has 1 aromatic carbocycles. The molecule has 2 atom stereocenters. The van der Waals surface area contributed by atoms with Crippen molar-refractivity contribution in [3.05, 3.63) is 29.3 Å². The van der Waals surface area contributed by atoms with Crippen LogP contribution in [-0.2, 0) is 19.9 Å². The fraction of sp³-hybridized carbons (Fsp3) is 0.364. The third-order valence-corrected chi connectivity index (χ3v) is 4.66. The summed E-state index contributed by atoms with van der Waals surface area (Å²) in [6, 6.07) is 0.382. The lowest BCUT2D eigenvalue weighted by atomic mass is 10.2. The Morgan fingerprint density at radius 1 is 1.43 bits per heavy atom. The third-order valence-electron chi connectivity index (χ3n) is 2.37. The van der Waals surface area contributed by atoms with Gasteiger partial charge >= 0.3 is 0 Å². The van der Waals surface area contributed by atoms with Gasteiger partial charge in [-0.3, -0.25) is 9.00 Å². The Kier molecular flexibility index (Phi) is 5.83. The summed E-state index contributed by atoms with van der Waals surface area (Å²) in [6.07, 6.45) is 1.42. The van der Waals surface area contributed by atoms with Gasteiger partial charge in [-0.15, -0.1) is 0 Å². The van der Waals surface area contributed by atoms with Gasteiger partial charge in [-0.1, -0.05) is 0 Å². The molecule has 1 aromatic rings. The minimum atomic E-state index is -4.53. The fourth-order valence-corrected chi connectivity index (χ4v) is 3.30. The van der Waals surface area contributed by atoms with Gasteiger partial charge in [0.2, 0.25) is 0 Å². The van der Waals surface area contributed by atoms with Gasteiger partial charge in [-0.05, 0) is 19.1 Å². The number of hydrogen-bond acceptors (Lipinski definition) is 4. The standard InChI is InChI=1S/C11H12ClF2NO4S2/c1-6(5-20(2)17)15-11(16)8-3-7(13)4-9(10(8)14)21(12,18)19/h3-4,6H,5H2,1-2H3,(H,15,16). The molecule has 0 aromatic heterocycles. The number of halogens is 3. The van der Waals surface area contributed by atoms with E-state index in [0.29, 0.717) is 12.1 Å². The first-order valence-electron chi connectivity index (χ1n) is 5.57. The van der Waals surface area contributed by atoms with Crippen molar-refractivity contribution in [3.63, 3.8) is 0 Å². The molecule has 118 valence electrons. The summed E-state index contributed by atoms with van der Waals surface area (Å²) in [4.78, 5) is 10.7. The van der Waals surface area contributed by atoms with Gasteiger partial charge in [0.15, 0.2) is 5.82 Å². The summed E-state index contributed by atoms with van der Waals surface area (Å²) in [5.74, 6) is -3.46. The molecule has 0 aliphatic rings. The van der Waals surface area contributed by atoms with Crippen molar-refractivity contribution in [2.75, 3.05) is 12.0 Å². The van der Waals surface area contributed by atoms with Crippen molar-refractivity contribution in [2.24, 2.45) is 0 Å². The zero-order valence-corrected chi connectivity index (χ0v) is 13.4. The Morgan fingerprint density at radius 3 is 2.48 bits per heavy atom. The smallest absolute Gasteiger partial charge is 0.264 e. The van der Waals surface area contributed by atoms with Gasteiger partial charge in [0.1, 0.15) is 10.7 Å². The first kappa shape index (κ1) is 18.0. The molecule has 0 saturated carbocycles. The van der Waals surface area contributed by atoms with Crippen LogP contribution in [0.2, 0.25) is 0 Å². The number of carbonyl (C=O) groups excluding carboxylic acids is 1. The predicted octanol–water partition coefficient (Wildman–Crippen LogP) is 1.39.